The Bertz CT molecular complexity index is 1870. The normalized spacial score (nSPS) is 15.4. The van der Waals surface area contributed by atoms with E-state index in [9.17, 15) is 13.2 Å². The van der Waals surface area contributed by atoms with E-state index >= 15 is 0 Å². The van der Waals surface area contributed by atoms with Crippen LogP contribution >= 0.6 is 0 Å². The monoisotopic (exact) mass is 561 g/mol. The van der Waals surface area contributed by atoms with E-state index in [1.165, 1.54) is 16.7 Å². The number of aromatic amines is 1. The van der Waals surface area contributed by atoms with Crippen LogP contribution in [-0.2, 0) is 29.9 Å². The smallest absolute Gasteiger partial charge is 0.419 e. The maximum absolute atomic E-state index is 14.0. The largest absolute Gasteiger partial charge is 0.493 e. The van der Waals surface area contributed by atoms with Gasteiger partial charge in [-0.1, -0.05) is 24.3 Å². The van der Waals surface area contributed by atoms with E-state index in [-0.39, 0.29) is 4.90 Å². The van der Waals surface area contributed by atoms with Gasteiger partial charge in [-0.2, -0.15) is 4.31 Å². The maximum Gasteiger partial charge on any atom is 0.419 e. The molecule has 208 valence electrons. The van der Waals surface area contributed by atoms with Crippen molar-refractivity contribution in [1.29, 1.82) is 0 Å². The van der Waals surface area contributed by atoms with Gasteiger partial charge in [-0.25, -0.2) is 13.2 Å². The second kappa shape index (κ2) is 10.5. The van der Waals surface area contributed by atoms with Crippen molar-refractivity contribution in [1.82, 2.24) is 13.9 Å². The number of aromatic nitrogens is 2. The molecule has 0 unspecified atom stereocenters. The molecule has 1 aliphatic rings. The molecule has 0 atom stereocenters. The summed E-state index contributed by atoms with van der Waals surface area (Å²) < 4.78 is 47.6. The summed E-state index contributed by atoms with van der Waals surface area (Å²) in [7, 11) is -0.672. The van der Waals surface area contributed by atoms with Crippen LogP contribution < -0.4 is 15.2 Å². The molecule has 10 heteroatoms. The highest BCUT2D eigenvalue weighted by Gasteiger charge is 2.26. The third kappa shape index (κ3) is 4.77. The number of hydrogen-bond acceptors (Lipinski definition) is 6. The summed E-state index contributed by atoms with van der Waals surface area (Å²) in [6, 6.07) is 18.6. The highest BCUT2D eigenvalue weighted by atomic mass is 32.2. The zero-order valence-electron chi connectivity index (χ0n) is 22.5. The maximum atomic E-state index is 14.0. The lowest BCUT2D eigenvalue weighted by atomic mass is 10.0. The average Bonchev–Trinajstić information content (AvgIpc) is 3.44. The van der Waals surface area contributed by atoms with Crippen molar-refractivity contribution >= 4 is 32.0 Å². The third-order valence-electron chi connectivity index (χ3n) is 7.58. The van der Waals surface area contributed by atoms with E-state index in [0.717, 1.165) is 27.7 Å². The summed E-state index contributed by atoms with van der Waals surface area (Å²) in [6.07, 6.45) is 2.48. The van der Waals surface area contributed by atoms with E-state index in [0.29, 0.717) is 68.0 Å². The first-order valence-corrected chi connectivity index (χ1v) is 14.8. The fourth-order valence-corrected chi connectivity index (χ4v) is 6.92. The number of oxazole rings is 1. The number of fused-ring (bicyclic) bond motifs is 6. The van der Waals surface area contributed by atoms with Crippen molar-refractivity contribution in [3.63, 3.8) is 0 Å². The Morgan fingerprint density at radius 3 is 2.70 bits per heavy atom. The van der Waals surface area contributed by atoms with Gasteiger partial charge in [0.25, 0.3) is 0 Å². The Hall–Kier alpha value is -4.02. The van der Waals surface area contributed by atoms with Crippen molar-refractivity contribution in [3.8, 4) is 11.5 Å². The van der Waals surface area contributed by atoms with E-state index in [2.05, 4.69) is 11.1 Å². The standard InChI is InChI=1S/C30H31N3O6S/c1-32-26-19-21(10-12-27(26)39-30(32)34)40(35,36)33-14-5-6-16-38-29-18-20(9-11-28(29)37-2)17-25-23(13-15-33)22-7-3-4-8-24(22)31-25/h3-4,7-12,18-19,31H,5-6,13-17H2,1-2H3. The van der Waals surface area contributed by atoms with Crippen LogP contribution in [0.5, 0.6) is 11.5 Å². The Morgan fingerprint density at radius 1 is 1.00 bits per heavy atom. The molecule has 0 radical (unpaired) electrons. The summed E-state index contributed by atoms with van der Waals surface area (Å²) in [5.41, 5.74) is 5.02. The van der Waals surface area contributed by atoms with Crippen LogP contribution in [-0.4, -0.2) is 49.1 Å². The van der Waals surface area contributed by atoms with Gasteiger partial charge in [0, 0.05) is 43.2 Å². The van der Waals surface area contributed by atoms with Gasteiger partial charge < -0.3 is 18.9 Å². The number of hydrogen-bond donors (Lipinski definition) is 1. The van der Waals surface area contributed by atoms with Gasteiger partial charge in [0.1, 0.15) is 0 Å². The summed E-state index contributed by atoms with van der Waals surface area (Å²) in [5.74, 6) is 0.815. The molecular formula is C30H31N3O6S. The average molecular weight is 562 g/mol. The summed E-state index contributed by atoms with van der Waals surface area (Å²) >= 11 is 0. The van der Waals surface area contributed by atoms with E-state index in [1.807, 2.05) is 36.4 Å². The van der Waals surface area contributed by atoms with Crippen LogP contribution in [0.2, 0.25) is 0 Å². The number of rotatable bonds is 3. The number of H-pyrrole nitrogens is 1. The minimum Gasteiger partial charge on any atom is -0.493 e. The topological polar surface area (TPSA) is 107 Å². The first kappa shape index (κ1) is 26.2. The minimum atomic E-state index is -3.86. The number of methoxy groups -OCH3 is 1. The van der Waals surface area contributed by atoms with Crippen LogP contribution in [0.1, 0.15) is 29.7 Å². The molecule has 5 aromatic rings. The first-order valence-electron chi connectivity index (χ1n) is 13.3. The molecule has 2 aromatic heterocycles. The van der Waals surface area contributed by atoms with Crippen molar-refractivity contribution < 1.29 is 22.3 Å². The lowest BCUT2D eigenvalue weighted by Gasteiger charge is -2.23. The van der Waals surface area contributed by atoms with Crippen LogP contribution in [0, 0.1) is 0 Å². The fraction of sp³-hybridized carbons (Fsp3) is 0.300. The van der Waals surface area contributed by atoms with Gasteiger partial charge in [-0.15, -0.1) is 0 Å². The van der Waals surface area contributed by atoms with Crippen LogP contribution in [0.4, 0.5) is 0 Å². The van der Waals surface area contributed by atoms with Gasteiger partial charge in [0.05, 0.1) is 24.1 Å². The predicted molar refractivity (Wildman–Crippen MR) is 153 cm³/mol. The molecule has 0 amide bonds. The summed E-state index contributed by atoms with van der Waals surface area (Å²) in [6.45, 7) is 1.09. The minimum absolute atomic E-state index is 0.132. The molecule has 0 fully saturated rings. The van der Waals surface area contributed by atoms with E-state index < -0.39 is 15.8 Å². The van der Waals surface area contributed by atoms with Gasteiger partial charge >= 0.3 is 5.76 Å². The van der Waals surface area contributed by atoms with Crippen molar-refractivity contribution in [2.24, 2.45) is 7.05 Å². The number of nitrogens with zero attached hydrogens (tertiary/aromatic N) is 2. The number of sulfonamides is 1. The van der Waals surface area contributed by atoms with Gasteiger partial charge in [0.2, 0.25) is 10.0 Å². The molecule has 0 spiro atoms. The number of benzene rings is 3. The third-order valence-corrected chi connectivity index (χ3v) is 9.48. The second-order valence-electron chi connectivity index (χ2n) is 10.1. The SMILES string of the molecule is COc1ccc2cc1OCCCCN(S(=O)(=O)c1ccc3oc(=O)n(C)c3c1)CCc1c([nH]c3ccccc13)C2. The zero-order chi connectivity index (χ0) is 27.9. The molecule has 2 bridgehead atoms. The first-order chi connectivity index (χ1) is 19.3. The van der Waals surface area contributed by atoms with Crippen LogP contribution in [0.15, 0.2) is 74.8 Å². The van der Waals surface area contributed by atoms with Crippen molar-refractivity contribution in [2.45, 2.75) is 30.6 Å². The molecule has 0 saturated heterocycles. The molecule has 9 nitrogen and oxygen atoms in total. The lowest BCUT2D eigenvalue weighted by Crippen LogP contribution is -2.34. The summed E-state index contributed by atoms with van der Waals surface area (Å²) in [4.78, 5) is 15.7. The van der Waals surface area contributed by atoms with Crippen molar-refractivity contribution in [3.05, 3.63) is 88.0 Å². The highest BCUT2D eigenvalue weighted by Crippen LogP contribution is 2.32. The lowest BCUT2D eigenvalue weighted by molar-refractivity contribution is 0.279. The van der Waals surface area contributed by atoms with Crippen LogP contribution in [0.25, 0.3) is 22.0 Å². The highest BCUT2D eigenvalue weighted by molar-refractivity contribution is 7.89. The Labute approximate surface area is 232 Å². The number of aryl methyl sites for hydroxylation is 1. The van der Waals surface area contributed by atoms with Crippen molar-refractivity contribution in [2.75, 3.05) is 26.8 Å². The van der Waals surface area contributed by atoms with Gasteiger partial charge in [0.15, 0.2) is 17.1 Å². The molecule has 0 saturated carbocycles. The molecule has 3 heterocycles. The second-order valence-corrected chi connectivity index (χ2v) is 12.0. The Kier molecular flexibility index (Phi) is 6.89. The Balaban J connectivity index is 1.39. The predicted octanol–water partition coefficient (Wildman–Crippen LogP) is 4.62. The number of para-hydroxylation sites is 1. The quantitative estimate of drug-likeness (QED) is 0.345. The molecule has 1 N–H and O–H groups in total. The molecule has 3 aromatic carbocycles. The Morgan fingerprint density at radius 2 is 1.85 bits per heavy atom. The van der Waals surface area contributed by atoms with Crippen LogP contribution in [0.3, 0.4) is 0 Å². The molecule has 40 heavy (non-hydrogen) atoms. The van der Waals surface area contributed by atoms with Gasteiger partial charge in [-0.3, -0.25) is 4.57 Å². The fourth-order valence-electron chi connectivity index (χ4n) is 5.42. The molecular weight excluding hydrogens is 530 g/mol. The molecule has 0 aliphatic carbocycles. The number of ether oxygens (including phenoxy) is 2. The molecule has 6 rings (SSSR count). The number of nitrogens with one attached hydrogen (secondary N) is 1. The van der Waals surface area contributed by atoms with E-state index in [4.69, 9.17) is 13.9 Å². The summed E-state index contributed by atoms with van der Waals surface area (Å²) in [5, 5.41) is 1.08. The molecule has 1 aliphatic heterocycles. The zero-order valence-corrected chi connectivity index (χ0v) is 23.3. The van der Waals surface area contributed by atoms with Gasteiger partial charge in [-0.05, 0) is 66.8 Å². The van der Waals surface area contributed by atoms with E-state index in [1.54, 1.807) is 24.5 Å².